The fourth-order valence-electron chi connectivity index (χ4n) is 3.35. The number of amides is 1. The van der Waals surface area contributed by atoms with Crippen LogP contribution in [0.15, 0.2) is 34.7 Å². The number of likely N-dealkylation sites (tertiary alicyclic amines) is 1. The van der Waals surface area contributed by atoms with E-state index in [1.54, 1.807) is 11.9 Å². The molecule has 2 atom stereocenters. The molecule has 1 aromatic heterocycles. The number of halogens is 3. The summed E-state index contributed by atoms with van der Waals surface area (Å²) in [7, 11) is 1.78. The van der Waals surface area contributed by atoms with Crippen molar-refractivity contribution in [3.8, 4) is 0 Å². The van der Waals surface area contributed by atoms with Gasteiger partial charge in [-0.25, -0.2) is 0 Å². The molecule has 3 rings (SSSR count). The van der Waals surface area contributed by atoms with Crippen molar-refractivity contribution in [1.29, 1.82) is 0 Å². The molecular weight excluding hydrogens is 345 g/mol. The van der Waals surface area contributed by atoms with Crippen LogP contribution in [0.5, 0.6) is 0 Å². The zero-order valence-electron chi connectivity index (χ0n) is 14.9. The first-order valence-corrected chi connectivity index (χ1v) is 8.79. The lowest BCUT2D eigenvalue weighted by molar-refractivity contribution is -0.188. The molecule has 0 spiro atoms. The van der Waals surface area contributed by atoms with Gasteiger partial charge in [0.15, 0.2) is 0 Å². The Morgan fingerprint density at radius 3 is 2.81 bits per heavy atom. The molecule has 26 heavy (non-hydrogen) atoms. The summed E-state index contributed by atoms with van der Waals surface area (Å²) >= 11 is 0. The van der Waals surface area contributed by atoms with Gasteiger partial charge in [0, 0.05) is 18.5 Å². The highest BCUT2D eigenvalue weighted by Gasteiger charge is 2.42. The number of carbonyl (C=O) groups excluding carboxylic acids is 1. The molecule has 1 aliphatic rings. The fourth-order valence-corrected chi connectivity index (χ4v) is 3.35. The first kappa shape index (κ1) is 18.8. The molecule has 1 saturated heterocycles. The second-order valence-electron chi connectivity index (χ2n) is 7.00. The van der Waals surface area contributed by atoms with Gasteiger partial charge in [0.05, 0.1) is 18.5 Å². The lowest BCUT2D eigenvalue weighted by Crippen LogP contribution is -2.47. The van der Waals surface area contributed by atoms with E-state index in [1.165, 1.54) is 4.90 Å². The first-order valence-electron chi connectivity index (χ1n) is 8.79. The van der Waals surface area contributed by atoms with Crippen LogP contribution in [0.1, 0.15) is 31.6 Å². The van der Waals surface area contributed by atoms with Crippen molar-refractivity contribution in [2.75, 3.05) is 26.7 Å². The van der Waals surface area contributed by atoms with E-state index in [-0.39, 0.29) is 31.5 Å². The van der Waals surface area contributed by atoms with Crippen LogP contribution in [0.3, 0.4) is 0 Å². The predicted octanol–water partition coefficient (Wildman–Crippen LogP) is 4.23. The van der Waals surface area contributed by atoms with Gasteiger partial charge in [-0.15, -0.1) is 0 Å². The average Bonchev–Trinajstić information content (AvgIpc) is 3.04. The van der Waals surface area contributed by atoms with Gasteiger partial charge in [-0.3, -0.25) is 9.69 Å². The number of alkyl halides is 3. The smallest absolute Gasteiger partial charge is 0.393 e. The molecule has 1 fully saturated rings. The highest BCUT2D eigenvalue weighted by atomic mass is 19.4. The monoisotopic (exact) mass is 368 g/mol. The van der Waals surface area contributed by atoms with Crippen LogP contribution in [0.25, 0.3) is 11.0 Å². The SMILES string of the molecule is CC(c1cc2ccccc2o1)N(C)CC(=O)N1CCCC(C(F)(F)F)C1. The van der Waals surface area contributed by atoms with Crippen LogP contribution in [0.2, 0.25) is 0 Å². The van der Waals surface area contributed by atoms with Gasteiger partial charge in [0.1, 0.15) is 11.3 Å². The number of fused-ring (bicyclic) bond motifs is 1. The quantitative estimate of drug-likeness (QED) is 0.811. The van der Waals surface area contributed by atoms with Crippen molar-refractivity contribution in [3.05, 3.63) is 36.1 Å². The minimum atomic E-state index is -4.24. The molecule has 142 valence electrons. The van der Waals surface area contributed by atoms with E-state index < -0.39 is 12.1 Å². The fraction of sp³-hybridized carbons (Fsp3) is 0.526. The molecule has 2 aromatic rings. The number of rotatable bonds is 4. The number of likely N-dealkylation sites (N-methyl/N-ethyl adjacent to an activating group) is 1. The predicted molar refractivity (Wildman–Crippen MR) is 92.6 cm³/mol. The Morgan fingerprint density at radius 1 is 1.38 bits per heavy atom. The number of benzene rings is 1. The minimum absolute atomic E-state index is 0.0583. The van der Waals surface area contributed by atoms with Gasteiger partial charge in [0.25, 0.3) is 0 Å². The summed E-state index contributed by atoms with van der Waals surface area (Å²) in [5.74, 6) is -0.962. The standard InChI is InChI=1S/C19H23F3N2O2/c1-13(17-10-14-6-3-4-8-16(14)26-17)23(2)12-18(25)24-9-5-7-15(11-24)19(20,21)22/h3-4,6,8,10,13,15H,5,7,9,11-12H2,1-2H3. The van der Waals surface area contributed by atoms with E-state index in [4.69, 9.17) is 4.42 Å². The van der Waals surface area contributed by atoms with Crippen molar-refractivity contribution in [3.63, 3.8) is 0 Å². The van der Waals surface area contributed by atoms with Gasteiger partial charge >= 0.3 is 6.18 Å². The highest BCUT2D eigenvalue weighted by molar-refractivity contribution is 5.79. The number of furan rings is 1. The summed E-state index contributed by atoms with van der Waals surface area (Å²) in [4.78, 5) is 15.6. The van der Waals surface area contributed by atoms with Crippen LogP contribution in [-0.4, -0.2) is 48.6 Å². The third kappa shape index (κ3) is 4.03. The summed E-state index contributed by atoms with van der Waals surface area (Å²) < 4.78 is 44.6. The van der Waals surface area contributed by atoms with Crippen LogP contribution in [-0.2, 0) is 4.79 Å². The topological polar surface area (TPSA) is 36.7 Å². The molecule has 0 bridgehead atoms. The molecule has 0 aliphatic carbocycles. The zero-order chi connectivity index (χ0) is 18.9. The maximum atomic E-state index is 12.9. The molecule has 7 heteroatoms. The number of hydrogen-bond donors (Lipinski definition) is 0. The van der Waals surface area contributed by atoms with E-state index in [2.05, 4.69) is 0 Å². The summed E-state index contributed by atoms with van der Waals surface area (Å²) in [6.07, 6.45) is -3.76. The lowest BCUT2D eigenvalue weighted by atomic mass is 9.97. The van der Waals surface area contributed by atoms with Crippen molar-refractivity contribution in [2.45, 2.75) is 32.0 Å². The lowest BCUT2D eigenvalue weighted by Gasteiger charge is -2.35. The molecule has 0 radical (unpaired) electrons. The Bertz CT molecular complexity index is 738. The Labute approximate surface area is 150 Å². The molecular formula is C19H23F3N2O2. The first-order chi connectivity index (χ1) is 12.3. The van der Waals surface area contributed by atoms with E-state index in [1.807, 2.05) is 37.3 Å². The third-order valence-electron chi connectivity index (χ3n) is 5.14. The Kier molecular flexibility index (Phi) is 5.27. The van der Waals surface area contributed by atoms with Crippen LogP contribution in [0.4, 0.5) is 13.2 Å². The maximum absolute atomic E-state index is 12.9. The summed E-state index contributed by atoms with van der Waals surface area (Å²) in [5.41, 5.74) is 0.776. The van der Waals surface area contributed by atoms with Crippen LogP contribution >= 0.6 is 0 Å². The molecule has 2 heterocycles. The van der Waals surface area contributed by atoms with E-state index >= 15 is 0 Å². The number of piperidine rings is 1. The Hall–Kier alpha value is -2.02. The van der Waals surface area contributed by atoms with E-state index in [9.17, 15) is 18.0 Å². The number of carbonyl (C=O) groups is 1. The number of para-hydroxylation sites is 1. The summed E-state index contributed by atoms with van der Waals surface area (Å²) in [6.45, 7) is 2.12. The molecule has 0 N–H and O–H groups in total. The van der Waals surface area contributed by atoms with Gasteiger partial charge in [-0.2, -0.15) is 13.2 Å². The molecule has 4 nitrogen and oxygen atoms in total. The van der Waals surface area contributed by atoms with Crippen molar-refractivity contribution in [2.24, 2.45) is 5.92 Å². The van der Waals surface area contributed by atoms with Crippen LogP contribution < -0.4 is 0 Å². The summed E-state index contributed by atoms with van der Waals surface area (Å²) in [5, 5.41) is 0.984. The number of hydrogen-bond acceptors (Lipinski definition) is 3. The molecule has 1 aliphatic heterocycles. The maximum Gasteiger partial charge on any atom is 0.393 e. The van der Waals surface area contributed by atoms with Crippen molar-refractivity contribution < 1.29 is 22.4 Å². The van der Waals surface area contributed by atoms with Gasteiger partial charge in [-0.1, -0.05) is 18.2 Å². The molecule has 1 amide bonds. The Balaban J connectivity index is 1.63. The van der Waals surface area contributed by atoms with Gasteiger partial charge in [-0.05, 0) is 38.9 Å². The van der Waals surface area contributed by atoms with Crippen LogP contribution in [0, 0.1) is 5.92 Å². The normalized spacial score (nSPS) is 19.9. The molecule has 0 saturated carbocycles. The van der Waals surface area contributed by atoms with Crippen molar-refractivity contribution >= 4 is 16.9 Å². The van der Waals surface area contributed by atoms with E-state index in [0.717, 1.165) is 16.7 Å². The molecule has 1 aromatic carbocycles. The number of nitrogens with zero attached hydrogens (tertiary/aromatic N) is 2. The van der Waals surface area contributed by atoms with Gasteiger partial charge in [0.2, 0.25) is 5.91 Å². The second-order valence-corrected chi connectivity index (χ2v) is 7.00. The molecule has 2 unspecified atom stereocenters. The minimum Gasteiger partial charge on any atom is -0.459 e. The largest absolute Gasteiger partial charge is 0.459 e. The van der Waals surface area contributed by atoms with E-state index in [0.29, 0.717) is 13.0 Å². The zero-order valence-corrected chi connectivity index (χ0v) is 14.9. The van der Waals surface area contributed by atoms with Gasteiger partial charge < -0.3 is 9.32 Å². The van der Waals surface area contributed by atoms with Crippen molar-refractivity contribution in [1.82, 2.24) is 9.80 Å². The third-order valence-corrected chi connectivity index (χ3v) is 5.14. The highest BCUT2D eigenvalue weighted by Crippen LogP contribution is 2.33. The second kappa shape index (κ2) is 7.31. The Morgan fingerprint density at radius 2 is 2.12 bits per heavy atom. The average molecular weight is 368 g/mol. The summed E-state index contributed by atoms with van der Waals surface area (Å²) in [6, 6.07) is 9.41.